The van der Waals surface area contributed by atoms with Crippen molar-refractivity contribution in [1.82, 2.24) is 0 Å². The van der Waals surface area contributed by atoms with Crippen LogP contribution in [0.25, 0.3) is 0 Å². The first-order chi connectivity index (χ1) is 5.57. The Morgan fingerprint density at radius 1 is 1.25 bits per heavy atom. The summed E-state index contributed by atoms with van der Waals surface area (Å²) in [7, 11) is 0. The molecule has 2 nitrogen and oxygen atoms in total. The third-order valence-electron chi connectivity index (χ3n) is 2.41. The van der Waals surface area contributed by atoms with E-state index in [1.165, 1.54) is 0 Å². The summed E-state index contributed by atoms with van der Waals surface area (Å²) in [5.74, 6) is 0.995. The first-order valence-electron chi connectivity index (χ1n) is 4.69. The van der Waals surface area contributed by atoms with Gasteiger partial charge in [0.25, 0.3) is 0 Å². The van der Waals surface area contributed by atoms with Gasteiger partial charge in [-0.3, -0.25) is 4.79 Å². The van der Waals surface area contributed by atoms with Crippen LogP contribution >= 0.6 is 0 Å². The second-order valence-electron chi connectivity index (χ2n) is 3.71. The summed E-state index contributed by atoms with van der Waals surface area (Å²) in [6, 6.07) is 0. The molecule has 0 aromatic heterocycles. The number of rotatable bonds is 6. The second kappa shape index (κ2) is 6.18. The minimum atomic E-state index is 0.186. The molecule has 1 N–H and O–H groups in total. The summed E-state index contributed by atoms with van der Waals surface area (Å²) < 4.78 is 0. The van der Waals surface area contributed by atoms with Gasteiger partial charge in [-0.1, -0.05) is 13.8 Å². The Hall–Kier alpha value is -0.370. The highest BCUT2D eigenvalue weighted by molar-refractivity contribution is 5.77. The Labute approximate surface area is 75.0 Å². The quantitative estimate of drug-likeness (QED) is 0.665. The molecule has 2 heteroatoms. The fourth-order valence-electron chi connectivity index (χ4n) is 1.10. The number of hydrogen-bond acceptors (Lipinski definition) is 2. The lowest BCUT2D eigenvalue weighted by atomic mass is 9.94. The predicted octanol–water partition coefficient (Wildman–Crippen LogP) is 2.01. The van der Waals surface area contributed by atoms with Crippen LogP contribution in [0.15, 0.2) is 0 Å². The van der Waals surface area contributed by atoms with Crippen molar-refractivity contribution in [3.05, 3.63) is 0 Å². The smallest absolute Gasteiger partial charge is 0.132 e. The zero-order valence-electron chi connectivity index (χ0n) is 8.34. The number of aliphatic hydroxyl groups excluding tert-OH is 1. The Bertz CT molecular complexity index is 132. The molecular formula is C10H20O2. The number of aliphatic hydroxyl groups is 1. The standard InChI is InChI=1S/C10H20O2/c1-8(6-7-11)4-5-9(2)10(3)12/h8-9,11H,4-7H2,1-3H3. The first kappa shape index (κ1) is 11.6. The van der Waals surface area contributed by atoms with E-state index in [2.05, 4.69) is 6.92 Å². The average molecular weight is 172 g/mol. The van der Waals surface area contributed by atoms with Gasteiger partial charge in [-0.25, -0.2) is 0 Å². The van der Waals surface area contributed by atoms with E-state index >= 15 is 0 Å². The molecule has 0 aliphatic carbocycles. The Balaban J connectivity index is 3.46. The van der Waals surface area contributed by atoms with Gasteiger partial charge < -0.3 is 5.11 Å². The average Bonchev–Trinajstić information content (AvgIpc) is 2.00. The Kier molecular flexibility index (Phi) is 5.99. The van der Waals surface area contributed by atoms with Crippen LogP contribution in [0, 0.1) is 11.8 Å². The van der Waals surface area contributed by atoms with Crippen molar-refractivity contribution < 1.29 is 9.90 Å². The molecule has 0 aliphatic rings. The van der Waals surface area contributed by atoms with Gasteiger partial charge in [0, 0.05) is 12.5 Å². The number of carbonyl (C=O) groups is 1. The maximum absolute atomic E-state index is 10.9. The minimum absolute atomic E-state index is 0.186. The summed E-state index contributed by atoms with van der Waals surface area (Å²) in [5.41, 5.74) is 0. The highest BCUT2D eigenvalue weighted by atomic mass is 16.3. The molecular weight excluding hydrogens is 152 g/mol. The molecule has 0 radical (unpaired) electrons. The molecule has 12 heavy (non-hydrogen) atoms. The SMILES string of the molecule is CC(=O)C(C)CCC(C)CCO. The molecule has 0 aliphatic heterocycles. The molecule has 0 aromatic carbocycles. The summed E-state index contributed by atoms with van der Waals surface area (Å²) in [6.45, 7) is 5.98. The van der Waals surface area contributed by atoms with Crippen molar-refractivity contribution >= 4 is 5.78 Å². The molecule has 0 heterocycles. The van der Waals surface area contributed by atoms with Gasteiger partial charge in [-0.05, 0) is 32.1 Å². The Morgan fingerprint density at radius 2 is 1.83 bits per heavy atom. The maximum Gasteiger partial charge on any atom is 0.132 e. The summed E-state index contributed by atoms with van der Waals surface area (Å²) >= 11 is 0. The van der Waals surface area contributed by atoms with E-state index in [-0.39, 0.29) is 18.3 Å². The fourth-order valence-corrected chi connectivity index (χ4v) is 1.10. The van der Waals surface area contributed by atoms with Gasteiger partial charge in [0.1, 0.15) is 5.78 Å². The van der Waals surface area contributed by atoms with Gasteiger partial charge in [0.05, 0.1) is 0 Å². The third-order valence-corrected chi connectivity index (χ3v) is 2.41. The lowest BCUT2D eigenvalue weighted by Crippen LogP contribution is -2.08. The summed E-state index contributed by atoms with van der Waals surface area (Å²) in [4.78, 5) is 10.9. The van der Waals surface area contributed by atoms with Gasteiger partial charge in [0.2, 0.25) is 0 Å². The predicted molar refractivity (Wildman–Crippen MR) is 49.9 cm³/mol. The van der Waals surface area contributed by atoms with Gasteiger partial charge >= 0.3 is 0 Å². The van der Waals surface area contributed by atoms with Crippen LogP contribution < -0.4 is 0 Å². The molecule has 0 fully saturated rings. The van der Waals surface area contributed by atoms with Gasteiger partial charge in [-0.2, -0.15) is 0 Å². The molecule has 72 valence electrons. The van der Waals surface area contributed by atoms with E-state index in [1.807, 2.05) is 6.92 Å². The molecule has 0 saturated carbocycles. The van der Waals surface area contributed by atoms with Crippen molar-refractivity contribution in [2.45, 2.75) is 40.0 Å². The summed E-state index contributed by atoms with van der Waals surface area (Å²) in [5, 5.41) is 8.64. The second-order valence-corrected chi connectivity index (χ2v) is 3.71. The lowest BCUT2D eigenvalue weighted by Gasteiger charge is -2.11. The monoisotopic (exact) mass is 172 g/mol. The van der Waals surface area contributed by atoms with Crippen molar-refractivity contribution in [3.63, 3.8) is 0 Å². The molecule has 2 atom stereocenters. The number of carbonyl (C=O) groups excluding carboxylic acids is 1. The van der Waals surface area contributed by atoms with E-state index < -0.39 is 0 Å². The van der Waals surface area contributed by atoms with Crippen molar-refractivity contribution in [2.24, 2.45) is 11.8 Å². The van der Waals surface area contributed by atoms with E-state index in [1.54, 1.807) is 6.92 Å². The highest BCUT2D eigenvalue weighted by Gasteiger charge is 2.09. The Morgan fingerprint density at radius 3 is 2.25 bits per heavy atom. The molecule has 0 bridgehead atoms. The van der Waals surface area contributed by atoms with Crippen LogP contribution in [-0.2, 0) is 4.79 Å². The molecule has 0 rings (SSSR count). The van der Waals surface area contributed by atoms with Crippen molar-refractivity contribution in [1.29, 1.82) is 0 Å². The third kappa shape index (κ3) is 5.30. The molecule has 2 unspecified atom stereocenters. The maximum atomic E-state index is 10.9. The van der Waals surface area contributed by atoms with Crippen LogP contribution in [0.4, 0.5) is 0 Å². The van der Waals surface area contributed by atoms with Crippen LogP contribution in [0.2, 0.25) is 0 Å². The van der Waals surface area contributed by atoms with Crippen LogP contribution in [0.1, 0.15) is 40.0 Å². The topological polar surface area (TPSA) is 37.3 Å². The fraction of sp³-hybridized carbons (Fsp3) is 0.900. The normalized spacial score (nSPS) is 15.7. The van der Waals surface area contributed by atoms with E-state index in [9.17, 15) is 4.79 Å². The van der Waals surface area contributed by atoms with Gasteiger partial charge in [0.15, 0.2) is 0 Å². The zero-order chi connectivity index (χ0) is 9.56. The number of hydrogen-bond donors (Lipinski definition) is 1. The number of ketones is 1. The van der Waals surface area contributed by atoms with E-state index in [0.717, 1.165) is 19.3 Å². The zero-order valence-corrected chi connectivity index (χ0v) is 8.34. The summed E-state index contributed by atoms with van der Waals surface area (Å²) in [6.07, 6.45) is 2.85. The molecule has 0 aromatic rings. The molecule has 0 amide bonds. The highest BCUT2D eigenvalue weighted by Crippen LogP contribution is 2.15. The van der Waals surface area contributed by atoms with Crippen LogP contribution in [-0.4, -0.2) is 17.5 Å². The first-order valence-corrected chi connectivity index (χ1v) is 4.69. The molecule has 0 saturated heterocycles. The molecule has 0 spiro atoms. The largest absolute Gasteiger partial charge is 0.396 e. The van der Waals surface area contributed by atoms with Gasteiger partial charge in [-0.15, -0.1) is 0 Å². The van der Waals surface area contributed by atoms with E-state index in [4.69, 9.17) is 5.11 Å². The number of Topliss-reactive ketones (excluding diaryl/α,β-unsaturated/α-hetero) is 1. The van der Waals surface area contributed by atoms with Crippen LogP contribution in [0.3, 0.4) is 0 Å². The van der Waals surface area contributed by atoms with E-state index in [0.29, 0.717) is 5.92 Å². The minimum Gasteiger partial charge on any atom is -0.396 e. The van der Waals surface area contributed by atoms with Crippen molar-refractivity contribution in [3.8, 4) is 0 Å². The lowest BCUT2D eigenvalue weighted by molar-refractivity contribution is -0.120. The van der Waals surface area contributed by atoms with Crippen molar-refractivity contribution in [2.75, 3.05) is 6.61 Å². The van der Waals surface area contributed by atoms with Crippen LogP contribution in [0.5, 0.6) is 0 Å².